The Morgan fingerprint density at radius 1 is 1.43 bits per heavy atom. The summed E-state index contributed by atoms with van der Waals surface area (Å²) in [5.74, 6) is 0.972. The third kappa shape index (κ3) is 3.81. The van der Waals surface area contributed by atoms with E-state index in [1.165, 1.54) is 17.8 Å². The van der Waals surface area contributed by atoms with Gasteiger partial charge in [-0.1, -0.05) is 6.92 Å². The number of anilines is 1. The van der Waals surface area contributed by atoms with E-state index in [1.54, 1.807) is 0 Å². The zero-order valence-electron chi connectivity index (χ0n) is 12.3. The highest BCUT2D eigenvalue weighted by atomic mass is 32.1. The van der Waals surface area contributed by atoms with Crippen LogP contribution in [0.2, 0.25) is 0 Å². The van der Waals surface area contributed by atoms with Gasteiger partial charge in [0.1, 0.15) is 0 Å². The second kappa shape index (κ2) is 6.13. The van der Waals surface area contributed by atoms with Gasteiger partial charge in [-0.2, -0.15) is 0 Å². The topological polar surface area (TPSA) is 62.3 Å². The highest BCUT2D eigenvalue weighted by molar-refractivity contribution is 7.13. The number of nitrogens with one attached hydrogen (secondary N) is 1. The summed E-state index contributed by atoms with van der Waals surface area (Å²) >= 11 is 1.40. The molecule has 2 heterocycles. The third-order valence-corrected chi connectivity index (χ3v) is 4.88. The van der Waals surface area contributed by atoms with Crippen LogP contribution in [0.15, 0.2) is 5.38 Å². The average Bonchev–Trinajstić information content (AvgIpc) is 3.22. The number of amides is 2. The van der Waals surface area contributed by atoms with Crippen molar-refractivity contribution in [1.29, 1.82) is 0 Å². The maximum atomic E-state index is 12.3. The summed E-state index contributed by atoms with van der Waals surface area (Å²) in [7, 11) is 0. The molecule has 1 N–H and O–H groups in total. The van der Waals surface area contributed by atoms with Crippen LogP contribution < -0.4 is 5.32 Å². The molecule has 1 aromatic heterocycles. The lowest BCUT2D eigenvalue weighted by Gasteiger charge is -2.30. The molecule has 2 amide bonds. The minimum absolute atomic E-state index is 0.0621. The molecule has 21 heavy (non-hydrogen) atoms. The highest BCUT2D eigenvalue weighted by Gasteiger charge is 2.30. The van der Waals surface area contributed by atoms with Crippen molar-refractivity contribution in [2.45, 2.75) is 39.0 Å². The lowest BCUT2D eigenvalue weighted by molar-refractivity contribution is -0.132. The molecule has 2 fully saturated rings. The number of hydrogen-bond acceptors (Lipinski definition) is 4. The number of piperidine rings is 1. The number of thiazole rings is 1. The number of rotatable bonds is 4. The first-order chi connectivity index (χ1) is 10.1. The number of likely N-dealkylation sites (tertiary alicyclic amines) is 1. The summed E-state index contributed by atoms with van der Waals surface area (Å²) < 4.78 is 0. The molecule has 114 valence electrons. The highest BCUT2D eigenvalue weighted by Crippen LogP contribution is 2.30. The van der Waals surface area contributed by atoms with Crippen molar-refractivity contribution < 1.29 is 9.59 Å². The van der Waals surface area contributed by atoms with Crippen molar-refractivity contribution >= 4 is 28.3 Å². The van der Waals surface area contributed by atoms with Crippen LogP contribution in [0.4, 0.5) is 5.13 Å². The van der Waals surface area contributed by atoms with Crippen molar-refractivity contribution in [3.63, 3.8) is 0 Å². The Bertz CT molecular complexity index is 539. The first-order valence-electron chi connectivity index (χ1n) is 7.65. The monoisotopic (exact) mass is 307 g/mol. The maximum Gasteiger partial charge on any atom is 0.229 e. The summed E-state index contributed by atoms with van der Waals surface area (Å²) in [4.78, 5) is 30.2. The fourth-order valence-electron chi connectivity index (χ4n) is 2.68. The standard InChI is InChI=1S/C15H21N3O2S/c1-10-3-2-6-18(8-10)13(19)7-12-9-21-15(16-12)17-14(20)11-4-5-11/h9-11H,2-8H2,1H3,(H,16,17,20)/t10-/m0/s1. The molecule has 1 aromatic rings. The number of hydrogen-bond donors (Lipinski definition) is 1. The van der Waals surface area contributed by atoms with Gasteiger partial charge in [0.05, 0.1) is 12.1 Å². The first kappa shape index (κ1) is 14.5. The second-order valence-corrected chi connectivity index (χ2v) is 7.03. The molecule has 5 nitrogen and oxygen atoms in total. The van der Waals surface area contributed by atoms with Crippen molar-refractivity contribution in [2.24, 2.45) is 11.8 Å². The lowest BCUT2D eigenvalue weighted by Crippen LogP contribution is -2.39. The van der Waals surface area contributed by atoms with E-state index in [-0.39, 0.29) is 17.7 Å². The Labute approximate surface area is 128 Å². The smallest absolute Gasteiger partial charge is 0.229 e. The van der Waals surface area contributed by atoms with Crippen molar-refractivity contribution in [1.82, 2.24) is 9.88 Å². The summed E-state index contributed by atoms with van der Waals surface area (Å²) in [6.45, 7) is 3.90. The molecule has 0 radical (unpaired) electrons. The zero-order valence-corrected chi connectivity index (χ0v) is 13.1. The fourth-order valence-corrected chi connectivity index (χ4v) is 3.39. The Morgan fingerprint density at radius 3 is 2.95 bits per heavy atom. The summed E-state index contributed by atoms with van der Waals surface area (Å²) in [6, 6.07) is 0. The molecule has 1 saturated heterocycles. The molecule has 0 bridgehead atoms. The molecule has 6 heteroatoms. The first-order valence-corrected chi connectivity index (χ1v) is 8.53. The Morgan fingerprint density at radius 2 is 2.24 bits per heavy atom. The van der Waals surface area contributed by atoms with Gasteiger partial charge in [-0.05, 0) is 31.6 Å². The van der Waals surface area contributed by atoms with Crippen molar-refractivity contribution in [2.75, 3.05) is 18.4 Å². The van der Waals surface area contributed by atoms with Gasteiger partial charge in [0.25, 0.3) is 0 Å². The van der Waals surface area contributed by atoms with Crippen LogP contribution in [-0.2, 0) is 16.0 Å². The van der Waals surface area contributed by atoms with Crippen molar-refractivity contribution in [3.8, 4) is 0 Å². The molecular weight excluding hydrogens is 286 g/mol. The van der Waals surface area contributed by atoms with Crippen LogP contribution in [0.3, 0.4) is 0 Å². The van der Waals surface area contributed by atoms with Crippen LogP contribution >= 0.6 is 11.3 Å². The van der Waals surface area contributed by atoms with Crippen LogP contribution in [0.25, 0.3) is 0 Å². The summed E-state index contributed by atoms with van der Waals surface area (Å²) in [5.41, 5.74) is 0.759. The fraction of sp³-hybridized carbons (Fsp3) is 0.667. The van der Waals surface area contributed by atoms with Crippen LogP contribution in [0, 0.1) is 11.8 Å². The molecule has 1 aliphatic carbocycles. The number of carbonyl (C=O) groups is 2. The largest absolute Gasteiger partial charge is 0.342 e. The van der Waals surface area contributed by atoms with E-state index in [0.717, 1.165) is 38.0 Å². The third-order valence-electron chi connectivity index (χ3n) is 4.07. The molecule has 2 aliphatic rings. The minimum Gasteiger partial charge on any atom is -0.342 e. The van der Waals surface area contributed by atoms with E-state index in [1.807, 2.05) is 10.3 Å². The normalized spacial score (nSPS) is 22.1. The van der Waals surface area contributed by atoms with Gasteiger partial charge in [-0.15, -0.1) is 11.3 Å². The SMILES string of the molecule is C[C@H]1CCCN(C(=O)Cc2csc(NC(=O)C3CC3)n2)C1. The van der Waals surface area contributed by atoms with Gasteiger partial charge in [0.2, 0.25) is 11.8 Å². The molecule has 0 spiro atoms. The van der Waals surface area contributed by atoms with E-state index in [4.69, 9.17) is 0 Å². The van der Waals surface area contributed by atoms with E-state index in [9.17, 15) is 9.59 Å². The molecule has 1 atom stereocenters. The average molecular weight is 307 g/mol. The lowest BCUT2D eigenvalue weighted by atomic mass is 10.00. The van der Waals surface area contributed by atoms with E-state index in [0.29, 0.717) is 17.5 Å². The van der Waals surface area contributed by atoms with Crippen molar-refractivity contribution in [3.05, 3.63) is 11.1 Å². The Kier molecular flexibility index (Phi) is 4.24. The Balaban J connectivity index is 1.53. The van der Waals surface area contributed by atoms with Gasteiger partial charge in [-0.3, -0.25) is 9.59 Å². The minimum atomic E-state index is 0.0621. The van der Waals surface area contributed by atoms with Gasteiger partial charge in [-0.25, -0.2) is 4.98 Å². The Hall–Kier alpha value is -1.43. The molecule has 0 unspecified atom stereocenters. The quantitative estimate of drug-likeness (QED) is 0.928. The van der Waals surface area contributed by atoms with Crippen LogP contribution in [-0.4, -0.2) is 34.8 Å². The zero-order chi connectivity index (χ0) is 14.8. The van der Waals surface area contributed by atoms with Crippen LogP contribution in [0.5, 0.6) is 0 Å². The van der Waals surface area contributed by atoms with Gasteiger partial charge in [0, 0.05) is 24.4 Å². The molecule has 1 saturated carbocycles. The molecular formula is C15H21N3O2S. The van der Waals surface area contributed by atoms with E-state index < -0.39 is 0 Å². The second-order valence-electron chi connectivity index (χ2n) is 6.17. The number of nitrogens with zero attached hydrogens (tertiary/aromatic N) is 2. The molecule has 1 aliphatic heterocycles. The van der Waals surface area contributed by atoms with E-state index in [2.05, 4.69) is 17.2 Å². The molecule has 0 aromatic carbocycles. The van der Waals surface area contributed by atoms with Gasteiger partial charge in [0.15, 0.2) is 5.13 Å². The predicted molar refractivity (Wildman–Crippen MR) is 82.1 cm³/mol. The van der Waals surface area contributed by atoms with E-state index >= 15 is 0 Å². The summed E-state index contributed by atoms with van der Waals surface area (Å²) in [6.07, 6.45) is 4.60. The number of carbonyl (C=O) groups excluding carboxylic acids is 2. The van der Waals surface area contributed by atoms with Gasteiger partial charge >= 0.3 is 0 Å². The van der Waals surface area contributed by atoms with Crippen LogP contribution in [0.1, 0.15) is 38.3 Å². The summed E-state index contributed by atoms with van der Waals surface area (Å²) in [5, 5.41) is 5.31. The van der Waals surface area contributed by atoms with Gasteiger partial charge < -0.3 is 10.2 Å². The molecule has 3 rings (SSSR count). The predicted octanol–water partition coefficient (Wildman–Crippen LogP) is 2.29. The number of aromatic nitrogens is 1. The maximum absolute atomic E-state index is 12.3.